The highest BCUT2D eigenvalue weighted by molar-refractivity contribution is 8.25. The van der Waals surface area contributed by atoms with Crippen molar-refractivity contribution in [2.75, 3.05) is 26.2 Å². The maximum absolute atomic E-state index is 14.0. The molecule has 7 nitrogen and oxygen atoms in total. The van der Waals surface area contributed by atoms with Crippen LogP contribution in [0, 0.1) is 17.7 Å². The number of nitrogens with zero attached hydrogens (tertiary/aromatic N) is 2. The van der Waals surface area contributed by atoms with Crippen molar-refractivity contribution in [3.8, 4) is 0 Å². The lowest BCUT2D eigenvalue weighted by Crippen LogP contribution is -2.39. The quantitative estimate of drug-likeness (QED) is 0.802. The van der Waals surface area contributed by atoms with Crippen molar-refractivity contribution in [2.24, 2.45) is 16.2 Å². The van der Waals surface area contributed by atoms with Crippen LogP contribution in [0.3, 0.4) is 0 Å². The third kappa shape index (κ3) is 3.94. The van der Waals surface area contributed by atoms with Crippen molar-refractivity contribution in [1.82, 2.24) is 4.90 Å². The van der Waals surface area contributed by atoms with E-state index in [1.54, 1.807) is 6.07 Å². The first-order chi connectivity index (χ1) is 13.9. The minimum Gasteiger partial charge on any atom is -0.396 e. The molecule has 3 aliphatic rings. The van der Waals surface area contributed by atoms with Crippen LogP contribution in [0.5, 0.6) is 0 Å². The summed E-state index contributed by atoms with van der Waals surface area (Å²) in [5.74, 6) is -1.69. The fourth-order valence-electron chi connectivity index (χ4n) is 3.89. The standard InChI is InChI=1S/C20H23FN2O5S/c1-13(12-24)11-23-8-6-14(7-9-23)20-16-3-2-15(21)10-17(16)29(22-20)27-18(25)4-5-19(26)28-29/h2-5,10,13-14,24H,6-9,11-12H2,1H3/t13-/m0/s1. The summed E-state index contributed by atoms with van der Waals surface area (Å²) >= 11 is 0. The van der Waals surface area contributed by atoms with Gasteiger partial charge in [-0.3, -0.25) is 0 Å². The van der Waals surface area contributed by atoms with Gasteiger partial charge in [0, 0.05) is 53.6 Å². The molecular weight excluding hydrogens is 399 g/mol. The molecule has 3 aliphatic heterocycles. The van der Waals surface area contributed by atoms with E-state index < -0.39 is 28.5 Å². The number of carbonyl (C=O) groups is 2. The molecule has 1 atom stereocenters. The molecule has 1 spiro atoms. The fraction of sp³-hybridized carbons (Fsp3) is 0.450. The average Bonchev–Trinajstić information content (AvgIpc) is 2.90. The van der Waals surface area contributed by atoms with Crippen molar-refractivity contribution >= 4 is 28.4 Å². The summed E-state index contributed by atoms with van der Waals surface area (Å²) in [5.41, 5.74) is 1.37. The van der Waals surface area contributed by atoms with E-state index in [9.17, 15) is 19.1 Å². The van der Waals surface area contributed by atoms with Crippen molar-refractivity contribution in [3.63, 3.8) is 0 Å². The summed E-state index contributed by atoms with van der Waals surface area (Å²) in [6, 6.07) is 4.19. The molecular formula is C20H23FN2O5S. The van der Waals surface area contributed by atoms with Crippen molar-refractivity contribution in [2.45, 2.75) is 24.7 Å². The third-order valence-electron chi connectivity index (χ3n) is 5.32. The van der Waals surface area contributed by atoms with Crippen LogP contribution < -0.4 is 0 Å². The molecule has 4 rings (SSSR count). The lowest BCUT2D eigenvalue weighted by Gasteiger charge is -2.34. The Balaban J connectivity index is 1.63. The van der Waals surface area contributed by atoms with Gasteiger partial charge in [0.15, 0.2) is 0 Å². The van der Waals surface area contributed by atoms with Gasteiger partial charge in [0.05, 0.1) is 5.71 Å². The van der Waals surface area contributed by atoms with Gasteiger partial charge in [0.1, 0.15) is 10.7 Å². The molecule has 29 heavy (non-hydrogen) atoms. The minimum atomic E-state index is -3.07. The van der Waals surface area contributed by atoms with Crippen LogP contribution in [-0.4, -0.2) is 53.9 Å². The molecule has 0 radical (unpaired) electrons. The molecule has 0 aromatic heterocycles. The summed E-state index contributed by atoms with van der Waals surface area (Å²) in [7, 11) is -3.07. The second-order valence-corrected chi connectivity index (χ2v) is 9.50. The van der Waals surface area contributed by atoms with Crippen LogP contribution in [0.4, 0.5) is 4.39 Å². The molecule has 0 bridgehead atoms. The maximum Gasteiger partial charge on any atom is 0.356 e. The number of likely N-dealkylation sites (tertiary alicyclic amines) is 1. The Bertz CT molecular complexity index is 875. The van der Waals surface area contributed by atoms with Crippen LogP contribution in [0.2, 0.25) is 0 Å². The van der Waals surface area contributed by atoms with Crippen LogP contribution in [-0.2, 0) is 18.0 Å². The van der Waals surface area contributed by atoms with Gasteiger partial charge in [-0.15, -0.1) is 4.40 Å². The second kappa shape index (κ2) is 7.89. The number of benzene rings is 1. The van der Waals surface area contributed by atoms with Crippen molar-refractivity contribution < 1.29 is 27.5 Å². The summed E-state index contributed by atoms with van der Waals surface area (Å²) < 4.78 is 29.5. The van der Waals surface area contributed by atoms with Gasteiger partial charge in [-0.2, -0.15) is 0 Å². The van der Waals surface area contributed by atoms with Gasteiger partial charge in [-0.05, 0) is 44.0 Å². The van der Waals surface area contributed by atoms with Gasteiger partial charge in [0.25, 0.3) is 0 Å². The first-order valence-electron chi connectivity index (χ1n) is 9.61. The number of aliphatic hydroxyl groups excluding tert-OH is 1. The largest absolute Gasteiger partial charge is 0.396 e. The fourth-order valence-corrected chi connectivity index (χ4v) is 6.05. The minimum absolute atomic E-state index is 0.0837. The van der Waals surface area contributed by atoms with Gasteiger partial charge in [0.2, 0.25) is 0 Å². The zero-order valence-corrected chi connectivity index (χ0v) is 16.9. The summed E-state index contributed by atoms with van der Waals surface area (Å²) in [5, 5.41) is 9.27. The molecule has 0 unspecified atom stereocenters. The Hall–Kier alpha value is -2.23. The Kier molecular flexibility index (Phi) is 5.46. The smallest absolute Gasteiger partial charge is 0.356 e. The molecule has 9 heteroatoms. The SMILES string of the molecule is C[C@H](CO)CN1CCC(C2=NS3(OC(=O)C=CC(=O)O3)c3cc(F)ccc32)CC1. The lowest BCUT2D eigenvalue weighted by molar-refractivity contribution is -0.129. The first kappa shape index (κ1) is 20.1. The first-order valence-corrected chi connectivity index (χ1v) is 11.1. The third-order valence-corrected chi connectivity index (χ3v) is 7.43. The number of halogens is 1. The number of hydrogen-bond acceptors (Lipinski definition) is 7. The molecule has 1 aromatic rings. The zero-order chi connectivity index (χ0) is 20.6. The highest BCUT2D eigenvalue weighted by Gasteiger charge is 2.43. The Morgan fingerprint density at radius 2 is 1.90 bits per heavy atom. The van der Waals surface area contributed by atoms with E-state index in [4.69, 9.17) is 8.37 Å². The predicted molar refractivity (Wildman–Crippen MR) is 106 cm³/mol. The number of piperidine rings is 1. The van der Waals surface area contributed by atoms with Crippen molar-refractivity contribution in [3.05, 3.63) is 41.7 Å². The topological polar surface area (TPSA) is 88.4 Å². The normalized spacial score (nSPS) is 23.8. The van der Waals surface area contributed by atoms with E-state index in [1.807, 2.05) is 6.92 Å². The molecule has 0 saturated carbocycles. The predicted octanol–water partition coefficient (Wildman–Crippen LogP) is 2.53. The second-order valence-electron chi connectivity index (χ2n) is 7.59. The number of fused-ring (bicyclic) bond motifs is 2. The number of hydrogen-bond donors (Lipinski definition) is 1. The van der Waals surface area contributed by atoms with Crippen LogP contribution in [0.15, 0.2) is 39.6 Å². The van der Waals surface area contributed by atoms with Crippen LogP contribution in [0.25, 0.3) is 0 Å². The van der Waals surface area contributed by atoms with Gasteiger partial charge < -0.3 is 18.4 Å². The highest BCUT2D eigenvalue weighted by Crippen LogP contribution is 2.65. The molecule has 3 heterocycles. The lowest BCUT2D eigenvalue weighted by atomic mass is 9.88. The van der Waals surface area contributed by atoms with E-state index in [-0.39, 0.29) is 18.4 Å². The van der Waals surface area contributed by atoms with E-state index in [2.05, 4.69) is 9.30 Å². The van der Waals surface area contributed by atoms with Gasteiger partial charge >= 0.3 is 11.9 Å². The van der Waals surface area contributed by atoms with E-state index in [0.717, 1.165) is 44.6 Å². The average molecular weight is 422 g/mol. The van der Waals surface area contributed by atoms with Crippen molar-refractivity contribution in [1.29, 1.82) is 0 Å². The monoisotopic (exact) mass is 422 g/mol. The molecule has 0 aliphatic carbocycles. The van der Waals surface area contributed by atoms with E-state index >= 15 is 0 Å². The van der Waals surface area contributed by atoms with E-state index in [1.165, 1.54) is 12.1 Å². The molecule has 1 aromatic carbocycles. The zero-order valence-electron chi connectivity index (χ0n) is 16.0. The van der Waals surface area contributed by atoms with Gasteiger partial charge in [-0.25, -0.2) is 14.0 Å². The molecule has 1 saturated heterocycles. The molecule has 1 fully saturated rings. The maximum atomic E-state index is 14.0. The summed E-state index contributed by atoms with van der Waals surface area (Å²) in [6.07, 6.45) is 3.64. The highest BCUT2D eigenvalue weighted by atomic mass is 32.3. The van der Waals surface area contributed by atoms with Crippen LogP contribution in [0.1, 0.15) is 25.3 Å². The summed E-state index contributed by atoms with van der Waals surface area (Å²) in [4.78, 5) is 26.7. The molecule has 156 valence electrons. The molecule has 1 N–H and O–H groups in total. The Morgan fingerprint density at radius 3 is 2.52 bits per heavy atom. The Morgan fingerprint density at radius 1 is 1.24 bits per heavy atom. The van der Waals surface area contributed by atoms with Crippen LogP contribution >= 0.6 is 10.8 Å². The number of carbonyl (C=O) groups excluding carboxylic acids is 2. The van der Waals surface area contributed by atoms with Gasteiger partial charge in [-0.1, -0.05) is 6.92 Å². The Labute approximate surface area is 170 Å². The summed E-state index contributed by atoms with van der Waals surface area (Å²) in [6.45, 7) is 4.67. The van der Waals surface area contributed by atoms with E-state index in [0.29, 0.717) is 16.2 Å². The number of rotatable bonds is 4. The molecule has 0 amide bonds. The number of aliphatic hydroxyl groups is 1.